The number of benzene rings is 3. The van der Waals surface area contributed by atoms with Gasteiger partial charge in [-0.25, -0.2) is 0 Å². The zero-order valence-corrected chi connectivity index (χ0v) is 16.5. The molecule has 0 saturated heterocycles. The third-order valence-corrected chi connectivity index (χ3v) is 4.32. The molecule has 0 N–H and O–H groups in total. The van der Waals surface area contributed by atoms with E-state index in [1.807, 2.05) is 19.1 Å². The van der Waals surface area contributed by atoms with Crippen molar-refractivity contribution in [2.24, 2.45) is 0 Å². The molecule has 0 bridgehead atoms. The number of hydrogen-bond donors (Lipinski definition) is 0. The summed E-state index contributed by atoms with van der Waals surface area (Å²) in [5, 5.41) is 0. The average Bonchev–Trinajstić information content (AvgIpc) is 2.76. The second kappa shape index (κ2) is 10.1. The molecule has 3 aromatic carbocycles. The van der Waals surface area contributed by atoms with E-state index in [0.717, 1.165) is 36.3 Å². The molecule has 0 aliphatic rings. The molecule has 0 saturated carbocycles. The highest BCUT2D eigenvalue weighted by atomic mass is 16.5. The number of rotatable bonds is 5. The van der Waals surface area contributed by atoms with Crippen molar-refractivity contribution in [1.82, 2.24) is 0 Å². The van der Waals surface area contributed by atoms with Crippen LogP contribution in [0.1, 0.15) is 37.0 Å². The fourth-order valence-corrected chi connectivity index (χ4v) is 2.75. The molecule has 0 amide bonds. The van der Waals surface area contributed by atoms with Gasteiger partial charge in [0.25, 0.3) is 0 Å². The van der Waals surface area contributed by atoms with Gasteiger partial charge >= 0.3 is 0 Å². The van der Waals surface area contributed by atoms with Gasteiger partial charge in [0.1, 0.15) is 5.75 Å². The Morgan fingerprint density at radius 1 is 0.714 bits per heavy atom. The molecule has 0 fully saturated rings. The molecule has 28 heavy (non-hydrogen) atoms. The number of hydrogen-bond acceptors (Lipinski definition) is 1. The van der Waals surface area contributed by atoms with Gasteiger partial charge in [0.15, 0.2) is 0 Å². The van der Waals surface area contributed by atoms with Crippen molar-refractivity contribution >= 4 is 0 Å². The van der Waals surface area contributed by atoms with Gasteiger partial charge in [-0.3, -0.25) is 0 Å². The predicted octanol–water partition coefficient (Wildman–Crippen LogP) is 6.11. The average molecular weight is 364 g/mol. The van der Waals surface area contributed by atoms with Crippen LogP contribution in [0.4, 0.5) is 0 Å². The standard InChI is InChI=1S/C27H24O/c1-3-5-6-22-7-9-23(10-8-22)11-12-24-13-15-25(16-14-24)26-17-19-27(20-18-26)28-21-4-2/h7-10,13-20H,4,6,21H2,1-2H3. The van der Waals surface area contributed by atoms with E-state index in [1.54, 1.807) is 0 Å². The minimum absolute atomic E-state index is 0.752. The van der Waals surface area contributed by atoms with Crippen LogP contribution >= 0.6 is 0 Å². The lowest BCUT2D eigenvalue weighted by molar-refractivity contribution is 0.317. The van der Waals surface area contributed by atoms with Gasteiger partial charge in [-0.2, -0.15) is 0 Å². The van der Waals surface area contributed by atoms with E-state index in [2.05, 4.69) is 91.3 Å². The summed E-state index contributed by atoms with van der Waals surface area (Å²) in [6.45, 7) is 4.72. The van der Waals surface area contributed by atoms with Crippen LogP contribution in [0.3, 0.4) is 0 Å². The highest BCUT2D eigenvalue weighted by molar-refractivity contribution is 5.65. The first-order valence-electron chi connectivity index (χ1n) is 9.62. The summed E-state index contributed by atoms with van der Waals surface area (Å²) in [5.41, 5.74) is 5.59. The van der Waals surface area contributed by atoms with E-state index in [0.29, 0.717) is 0 Å². The first kappa shape index (κ1) is 19.3. The molecule has 0 atom stereocenters. The lowest BCUT2D eigenvalue weighted by Gasteiger charge is -2.06. The minimum atomic E-state index is 0.752. The molecular formula is C27H24O. The fraction of sp³-hybridized carbons (Fsp3) is 0.185. The molecule has 3 rings (SSSR count). The topological polar surface area (TPSA) is 9.23 Å². The van der Waals surface area contributed by atoms with Crippen LogP contribution in [0.15, 0.2) is 72.8 Å². The molecule has 3 aromatic rings. The first-order valence-corrected chi connectivity index (χ1v) is 9.62. The molecule has 0 heterocycles. The zero-order chi connectivity index (χ0) is 19.6. The van der Waals surface area contributed by atoms with Gasteiger partial charge in [-0.05, 0) is 66.4 Å². The smallest absolute Gasteiger partial charge is 0.119 e. The summed E-state index contributed by atoms with van der Waals surface area (Å²) < 4.78 is 5.64. The fourth-order valence-electron chi connectivity index (χ4n) is 2.75. The lowest BCUT2D eigenvalue weighted by atomic mass is 10.0. The Balaban J connectivity index is 1.66. The molecule has 0 aliphatic carbocycles. The summed E-state index contributed by atoms with van der Waals surface area (Å²) in [6.07, 6.45) is 1.80. The highest BCUT2D eigenvalue weighted by Gasteiger charge is 1.99. The van der Waals surface area contributed by atoms with E-state index in [-0.39, 0.29) is 0 Å². The molecular weight excluding hydrogens is 340 g/mol. The van der Waals surface area contributed by atoms with Gasteiger partial charge in [-0.15, -0.1) is 5.92 Å². The molecule has 0 aliphatic heterocycles. The summed E-state index contributed by atoms with van der Waals surface area (Å²) in [6, 6.07) is 24.9. The minimum Gasteiger partial charge on any atom is -0.494 e. The Hall–Kier alpha value is -3.42. The maximum absolute atomic E-state index is 5.64. The van der Waals surface area contributed by atoms with Gasteiger partial charge in [-0.1, -0.05) is 61.1 Å². The van der Waals surface area contributed by atoms with E-state index in [4.69, 9.17) is 4.74 Å². The van der Waals surface area contributed by atoms with Crippen molar-refractivity contribution in [2.45, 2.75) is 26.7 Å². The summed E-state index contributed by atoms with van der Waals surface area (Å²) in [5.74, 6) is 13.4. The van der Waals surface area contributed by atoms with Crippen molar-refractivity contribution in [3.63, 3.8) is 0 Å². The second-order valence-electron chi connectivity index (χ2n) is 6.50. The maximum atomic E-state index is 5.64. The highest BCUT2D eigenvalue weighted by Crippen LogP contribution is 2.23. The van der Waals surface area contributed by atoms with Crippen LogP contribution in [0.2, 0.25) is 0 Å². The monoisotopic (exact) mass is 364 g/mol. The van der Waals surface area contributed by atoms with Crippen LogP contribution in [-0.2, 0) is 6.42 Å². The Bertz CT molecular complexity index is 1000. The summed E-state index contributed by atoms with van der Waals surface area (Å²) >= 11 is 0. The van der Waals surface area contributed by atoms with Gasteiger partial charge in [0.2, 0.25) is 0 Å². The van der Waals surface area contributed by atoms with E-state index in [1.165, 1.54) is 16.7 Å². The van der Waals surface area contributed by atoms with Gasteiger partial charge < -0.3 is 4.74 Å². The Labute approximate surface area is 168 Å². The molecule has 138 valence electrons. The second-order valence-corrected chi connectivity index (χ2v) is 6.50. The largest absolute Gasteiger partial charge is 0.494 e. The zero-order valence-electron chi connectivity index (χ0n) is 16.5. The predicted molar refractivity (Wildman–Crippen MR) is 117 cm³/mol. The Morgan fingerprint density at radius 3 is 1.79 bits per heavy atom. The molecule has 0 aromatic heterocycles. The van der Waals surface area contributed by atoms with Crippen molar-refractivity contribution in [2.75, 3.05) is 6.61 Å². The Kier molecular flexibility index (Phi) is 6.95. The molecule has 1 nitrogen and oxygen atoms in total. The van der Waals surface area contributed by atoms with Crippen LogP contribution in [0, 0.1) is 23.7 Å². The summed E-state index contributed by atoms with van der Waals surface area (Å²) in [7, 11) is 0. The van der Waals surface area contributed by atoms with Crippen molar-refractivity contribution in [3.05, 3.63) is 89.5 Å². The van der Waals surface area contributed by atoms with Crippen molar-refractivity contribution in [3.8, 4) is 40.6 Å². The third-order valence-electron chi connectivity index (χ3n) is 4.32. The molecule has 0 spiro atoms. The lowest BCUT2D eigenvalue weighted by Crippen LogP contribution is -1.94. The van der Waals surface area contributed by atoms with E-state index < -0.39 is 0 Å². The van der Waals surface area contributed by atoms with Crippen molar-refractivity contribution in [1.29, 1.82) is 0 Å². The van der Waals surface area contributed by atoms with Crippen LogP contribution in [0.25, 0.3) is 11.1 Å². The third kappa shape index (κ3) is 5.54. The van der Waals surface area contributed by atoms with Gasteiger partial charge in [0, 0.05) is 17.5 Å². The summed E-state index contributed by atoms with van der Waals surface area (Å²) in [4.78, 5) is 0. The van der Waals surface area contributed by atoms with E-state index in [9.17, 15) is 0 Å². The normalized spacial score (nSPS) is 9.64. The SMILES string of the molecule is CC#CCc1ccc(C#Cc2ccc(-c3ccc(OCCC)cc3)cc2)cc1. The van der Waals surface area contributed by atoms with Crippen LogP contribution in [-0.4, -0.2) is 6.61 Å². The van der Waals surface area contributed by atoms with Crippen molar-refractivity contribution < 1.29 is 4.74 Å². The van der Waals surface area contributed by atoms with Crippen LogP contribution < -0.4 is 4.74 Å². The van der Waals surface area contributed by atoms with Gasteiger partial charge in [0.05, 0.1) is 6.61 Å². The molecule has 1 heteroatoms. The molecule has 0 unspecified atom stereocenters. The van der Waals surface area contributed by atoms with E-state index >= 15 is 0 Å². The first-order chi connectivity index (χ1) is 13.8. The molecule has 0 radical (unpaired) electrons. The van der Waals surface area contributed by atoms with Crippen LogP contribution in [0.5, 0.6) is 5.75 Å². The number of ether oxygens (including phenoxy) is 1. The quantitative estimate of drug-likeness (QED) is 0.496. The Morgan fingerprint density at radius 2 is 1.25 bits per heavy atom. The maximum Gasteiger partial charge on any atom is 0.119 e.